The highest BCUT2D eigenvalue weighted by molar-refractivity contribution is 4.85. The Hall–Kier alpha value is -0.900. The Balaban J connectivity index is 2.76. The summed E-state index contributed by atoms with van der Waals surface area (Å²) >= 11 is 0. The minimum Gasteiger partial charge on any atom is -0.325 e. The van der Waals surface area contributed by atoms with E-state index in [-0.39, 0.29) is 0 Å². The summed E-state index contributed by atoms with van der Waals surface area (Å²) in [6, 6.07) is 0. The van der Waals surface area contributed by atoms with Crippen LogP contribution in [0.3, 0.4) is 0 Å². The van der Waals surface area contributed by atoms with Crippen LogP contribution >= 0.6 is 0 Å². The molecule has 0 radical (unpaired) electrons. The van der Waals surface area contributed by atoms with Gasteiger partial charge in [-0.2, -0.15) is 0 Å². The van der Waals surface area contributed by atoms with Gasteiger partial charge in [0.2, 0.25) is 0 Å². The zero-order chi connectivity index (χ0) is 5.11. The lowest BCUT2D eigenvalue weighted by atomic mass is 10.5. The maximum absolute atomic E-state index is 5.13. The molecule has 0 aromatic carbocycles. The van der Waals surface area contributed by atoms with E-state index in [2.05, 4.69) is 14.9 Å². The first-order valence-electron chi connectivity index (χ1n) is 1.90. The molecule has 0 aliphatic carbocycles. The molecule has 0 bridgehead atoms. The standard InChI is InChI=1S/C3H5N3O/c4-1-3-2-5-7-6-3/h2H,1,4H2. The Morgan fingerprint density at radius 3 is 3.00 bits per heavy atom. The number of rotatable bonds is 1. The summed E-state index contributed by atoms with van der Waals surface area (Å²) in [5, 5.41) is 6.75. The zero-order valence-corrected chi connectivity index (χ0v) is 3.66. The van der Waals surface area contributed by atoms with Gasteiger partial charge in [0.1, 0.15) is 5.69 Å². The summed E-state index contributed by atoms with van der Waals surface area (Å²) < 4.78 is 4.23. The van der Waals surface area contributed by atoms with E-state index in [0.29, 0.717) is 12.2 Å². The Morgan fingerprint density at radius 1 is 1.86 bits per heavy atom. The molecule has 0 spiro atoms. The lowest BCUT2D eigenvalue weighted by Crippen LogP contribution is -1.94. The predicted molar refractivity (Wildman–Crippen MR) is 22.2 cm³/mol. The molecule has 0 unspecified atom stereocenters. The molecule has 4 heteroatoms. The van der Waals surface area contributed by atoms with E-state index in [1.807, 2.05) is 0 Å². The monoisotopic (exact) mass is 99.0 g/mol. The van der Waals surface area contributed by atoms with E-state index in [4.69, 9.17) is 5.73 Å². The van der Waals surface area contributed by atoms with Gasteiger partial charge < -0.3 is 5.73 Å². The van der Waals surface area contributed by atoms with E-state index in [1.54, 1.807) is 0 Å². The molecule has 4 nitrogen and oxygen atoms in total. The van der Waals surface area contributed by atoms with Gasteiger partial charge in [0.25, 0.3) is 0 Å². The van der Waals surface area contributed by atoms with Crippen molar-refractivity contribution in [2.24, 2.45) is 5.73 Å². The van der Waals surface area contributed by atoms with Crippen molar-refractivity contribution in [1.29, 1.82) is 0 Å². The average molecular weight is 99.1 g/mol. The molecule has 0 saturated heterocycles. The van der Waals surface area contributed by atoms with Gasteiger partial charge in [-0.3, -0.25) is 0 Å². The van der Waals surface area contributed by atoms with Gasteiger partial charge in [-0.05, 0) is 0 Å². The highest BCUT2D eigenvalue weighted by Crippen LogP contribution is 1.84. The van der Waals surface area contributed by atoms with Gasteiger partial charge in [-0.15, -0.1) is 0 Å². The fourth-order valence-corrected chi connectivity index (χ4v) is 0.274. The van der Waals surface area contributed by atoms with Crippen LogP contribution in [0.15, 0.2) is 10.8 Å². The summed E-state index contributed by atoms with van der Waals surface area (Å²) in [7, 11) is 0. The molecule has 0 saturated carbocycles. The first-order valence-corrected chi connectivity index (χ1v) is 1.90. The maximum Gasteiger partial charge on any atom is 0.118 e. The highest BCUT2D eigenvalue weighted by atomic mass is 16.6. The van der Waals surface area contributed by atoms with Crippen molar-refractivity contribution < 1.29 is 4.63 Å². The van der Waals surface area contributed by atoms with Crippen LogP contribution in [0.5, 0.6) is 0 Å². The van der Waals surface area contributed by atoms with E-state index < -0.39 is 0 Å². The topological polar surface area (TPSA) is 64.9 Å². The van der Waals surface area contributed by atoms with Crippen LogP contribution in [0.2, 0.25) is 0 Å². The SMILES string of the molecule is NCc1cnon1. The van der Waals surface area contributed by atoms with E-state index in [9.17, 15) is 0 Å². The molecule has 2 N–H and O–H groups in total. The van der Waals surface area contributed by atoms with Crippen LogP contribution in [-0.4, -0.2) is 10.3 Å². The van der Waals surface area contributed by atoms with Crippen molar-refractivity contribution >= 4 is 0 Å². The minimum atomic E-state index is 0.392. The summed E-state index contributed by atoms with van der Waals surface area (Å²) in [4.78, 5) is 0. The average Bonchev–Trinajstić information content (AvgIpc) is 2.14. The Labute approximate surface area is 40.3 Å². The molecule has 0 amide bonds. The Kier molecular flexibility index (Phi) is 1.04. The molecular formula is C3H5N3O. The van der Waals surface area contributed by atoms with Crippen LogP contribution in [-0.2, 0) is 6.54 Å². The second-order valence-corrected chi connectivity index (χ2v) is 1.10. The van der Waals surface area contributed by atoms with E-state index >= 15 is 0 Å². The second-order valence-electron chi connectivity index (χ2n) is 1.10. The molecule has 1 heterocycles. The second kappa shape index (κ2) is 1.70. The van der Waals surface area contributed by atoms with Crippen molar-refractivity contribution in [2.75, 3.05) is 0 Å². The Bertz CT molecular complexity index is 125. The van der Waals surface area contributed by atoms with Gasteiger partial charge in [0, 0.05) is 6.54 Å². The normalized spacial score (nSPS) is 9.29. The van der Waals surface area contributed by atoms with E-state index in [0.717, 1.165) is 0 Å². The van der Waals surface area contributed by atoms with Gasteiger partial charge >= 0.3 is 0 Å². The first kappa shape index (κ1) is 4.26. The number of aromatic nitrogens is 2. The summed E-state index contributed by atoms with van der Waals surface area (Å²) in [5.41, 5.74) is 5.81. The molecular weight excluding hydrogens is 94.1 g/mol. The fraction of sp³-hybridized carbons (Fsp3) is 0.333. The number of hydrogen-bond donors (Lipinski definition) is 1. The molecule has 0 atom stereocenters. The Morgan fingerprint density at radius 2 is 2.71 bits per heavy atom. The summed E-state index contributed by atoms with van der Waals surface area (Å²) in [5.74, 6) is 0. The zero-order valence-electron chi connectivity index (χ0n) is 3.66. The molecule has 0 fully saturated rings. The third kappa shape index (κ3) is 0.747. The van der Waals surface area contributed by atoms with Crippen LogP contribution in [0, 0.1) is 0 Å². The van der Waals surface area contributed by atoms with Crippen LogP contribution in [0.4, 0.5) is 0 Å². The van der Waals surface area contributed by atoms with Gasteiger partial charge in [0.15, 0.2) is 0 Å². The number of nitrogens with zero attached hydrogens (tertiary/aromatic N) is 2. The van der Waals surface area contributed by atoms with Gasteiger partial charge in [-0.25, -0.2) is 4.63 Å². The van der Waals surface area contributed by atoms with Crippen molar-refractivity contribution in [3.8, 4) is 0 Å². The smallest absolute Gasteiger partial charge is 0.118 e. The summed E-state index contributed by atoms with van der Waals surface area (Å²) in [6.07, 6.45) is 1.49. The summed E-state index contributed by atoms with van der Waals surface area (Å²) in [6.45, 7) is 0.392. The van der Waals surface area contributed by atoms with Crippen molar-refractivity contribution in [2.45, 2.75) is 6.54 Å². The highest BCUT2D eigenvalue weighted by Gasteiger charge is 1.88. The minimum absolute atomic E-state index is 0.392. The molecule has 1 rings (SSSR count). The van der Waals surface area contributed by atoms with Gasteiger partial charge in [0.05, 0.1) is 6.20 Å². The lowest BCUT2D eigenvalue weighted by molar-refractivity contribution is 0.303. The first-order chi connectivity index (χ1) is 3.43. The third-order valence-corrected chi connectivity index (χ3v) is 0.616. The van der Waals surface area contributed by atoms with Gasteiger partial charge in [-0.1, -0.05) is 10.3 Å². The van der Waals surface area contributed by atoms with Crippen molar-refractivity contribution in [3.05, 3.63) is 11.9 Å². The molecule has 7 heavy (non-hydrogen) atoms. The van der Waals surface area contributed by atoms with E-state index in [1.165, 1.54) is 6.20 Å². The molecule has 38 valence electrons. The molecule has 1 aromatic heterocycles. The maximum atomic E-state index is 5.13. The fourth-order valence-electron chi connectivity index (χ4n) is 0.274. The number of hydrogen-bond acceptors (Lipinski definition) is 4. The largest absolute Gasteiger partial charge is 0.325 e. The van der Waals surface area contributed by atoms with Crippen molar-refractivity contribution in [1.82, 2.24) is 10.3 Å². The quantitative estimate of drug-likeness (QED) is 0.516. The van der Waals surface area contributed by atoms with Crippen molar-refractivity contribution in [3.63, 3.8) is 0 Å². The number of nitrogens with two attached hydrogens (primary N) is 1. The predicted octanol–water partition coefficient (Wildman–Crippen LogP) is -0.472. The molecule has 1 aromatic rings. The third-order valence-electron chi connectivity index (χ3n) is 0.616. The molecule has 0 aliphatic rings. The van der Waals surface area contributed by atoms with Crippen LogP contribution in [0.25, 0.3) is 0 Å². The van der Waals surface area contributed by atoms with Crippen LogP contribution < -0.4 is 5.73 Å². The van der Waals surface area contributed by atoms with Crippen LogP contribution in [0.1, 0.15) is 5.69 Å². The molecule has 0 aliphatic heterocycles. The lowest BCUT2D eigenvalue weighted by Gasteiger charge is -1.73.